The average Bonchev–Trinajstić information content (AvgIpc) is 2.65. The second kappa shape index (κ2) is 4.03. The molecule has 0 atom stereocenters. The monoisotopic (exact) mass is 262 g/mol. The van der Waals surface area contributed by atoms with E-state index in [1.165, 1.54) is 22.7 Å². The molecule has 2 heterocycles. The van der Waals surface area contributed by atoms with Gasteiger partial charge in [-0.15, -0.1) is 11.6 Å². The fraction of sp³-hybridized carbons (Fsp3) is 0.200. The highest BCUT2D eigenvalue weighted by Gasteiger charge is 2.42. The lowest BCUT2D eigenvalue weighted by Crippen LogP contribution is -2.23. The van der Waals surface area contributed by atoms with Crippen LogP contribution in [0.4, 0.5) is 13.2 Å². The van der Waals surface area contributed by atoms with Crippen LogP contribution in [0.2, 0.25) is 0 Å². The van der Waals surface area contributed by atoms with Gasteiger partial charge in [-0.2, -0.15) is 13.2 Å². The third kappa shape index (κ3) is 2.00. The third-order valence-corrected chi connectivity index (χ3v) is 2.45. The van der Waals surface area contributed by atoms with Crippen molar-refractivity contribution < 1.29 is 18.0 Å². The van der Waals surface area contributed by atoms with Crippen LogP contribution in [0, 0.1) is 0 Å². The van der Waals surface area contributed by atoms with Gasteiger partial charge in [0.05, 0.1) is 11.4 Å². The van der Waals surface area contributed by atoms with Crippen molar-refractivity contribution in [3.63, 3.8) is 0 Å². The van der Waals surface area contributed by atoms with Crippen LogP contribution in [-0.4, -0.2) is 21.3 Å². The van der Waals surface area contributed by atoms with Crippen molar-refractivity contribution >= 4 is 22.9 Å². The first-order valence-corrected chi connectivity index (χ1v) is 5.12. The molecule has 0 aliphatic heterocycles. The van der Waals surface area contributed by atoms with Crippen molar-refractivity contribution in [3.05, 3.63) is 35.9 Å². The van der Waals surface area contributed by atoms with E-state index in [-0.39, 0.29) is 17.2 Å². The molecule has 0 unspecified atom stereocenters. The van der Waals surface area contributed by atoms with E-state index in [0.29, 0.717) is 0 Å². The quantitative estimate of drug-likeness (QED) is 0.616. The lowest BCUT2D eigenvalue weighted by molar-refractivity contribution is -0.0887. The Morgan fingerprint density at radius 1 is 1.41 bits per heavy atom. The van der Waals surface area contributed by atoms with E-state index in [2.05, 4.69) is 4.98 Å². The molecule has 0 radical (unpaired) electrons. The first-order valence-electron chi connectivity index (χ1n) is 4.58. The number of hydrogen-bond donors (Lipinski definition) is 0. The summed E-state index contributed by atoms with van der Waals surface area (Å²) in [5.41, 5.74) is -0.515. The number of carbonyl (C=O) groups is 1. The van der Waals surface area contributed by atoms with Crippen molar-refractivity contribution in [2.45, 2.75) is 12.1 Å². The van der Waals surface area contributed by atoms with Gasteiger partial charge in [0.25, 0.3) is 5.78 Å². The number of rotatable bonds is 2. The molecule has 2 aromatic heterocycles. The van der Waals surface area contributed by atoms with Gasteiger partial charge in [0.1, 0.15) is 11.5 Å². The van der Waals surface area contributed by atoms with Crippen molar-refractivity contribution in [2.75, 3.05) is 0 Å². The molecule has 0 fully saturated rings. The Labute approximate surface area is 98.8 Å². The van der Waals surface area contributed by atoms with Gasteiger partial charge in [0.2, 0.25) is 0 Å². The summed E-state index contributed by atoms with van der Waals surface area (Å²) >= 11 is 5.56. The van der Waals surface area contributed by atoms with E-state index >= 15 is 0 Å². The van der Waals surface area contributed by atoms with Crippen LogP contribution in [0.15, 0.2) is 24.4 Å². The van der Waals surface area contributed by atoms with Gasteiger partial charge in [0, 0.05) is 6.20 Å². The Hall–Kier alpha value is -1.56. The number of carbonyl (C=O) groups excluding carboxylic acids is 1. The fourth-order valence-corrected chi connectivity index (χ4v) is 1.69. The van der Waals surface area contributed by atoms with Gasteiger partial charge in [-0.05, 0) is 12.1 Å². The standard InChI is InChI=1S/C10H6ClF3N2O/c11-5-7-15-8(9(17)10(12,13)14)6-3-1-2-4-16(6)7/h1-4H,5H2. The summed E-state index contributed by atoms with van der Waals surface area (Å²) in [5.74, 6) is -1.83. The SMILES string of the molecule is O=C(c1nc(CCl)n2ccccc12)C(F)(F)F. The van der Waals surface area contributed by atoms with E-state index < -0.39 is 17.7 Å². The van der Waals surface area contributed by atoms with Gasteiger partial charge in [-0.25, -0.2) is 4.98 Å². The first-order chi connectivity index (χ1) is 7.95. The number of halogens is 4. The molecule has 0 saturated carbocycles. The molecule has 0 spiro atoms. The second-order valence-electron chi connectivity index (χ2n) is 3.29. The molecule has 17 heavy (non-hydrogen) atoms. The molecule has 90 valence electrons. The number of pyridine rings is 1. The molecule has 0 amide bonds. The number of ketones is 1. The van der Waals surface area contributed by atoms with Gasteiger partial charge in [-0.3, -0.25) is 4.79 Å². The smallest absolute Gasteiger partial charge is 0.302 e. The summed E-state index contributed by atoms with van der Waals surface area (Å²) in [5, 5.41) is 0. The Bertz CT molecular complexity index is 576. The highest BCUT2D eigenvalue weighted by molar-refractivity contribution is 6.17. The summed E-state index contributed by atoms with van der Waals surface area (Å²) in [6, 6.07) is 4.54. The van der Waals surface area contributed by atoms with Gasteiger partial charge >= 0.3 is 6.18 Å². The Morgan fingerprint density at radius 3 is 2.71 bits per heavy atom. The van der Waals surface area contributed by atoms with E-state index in [1.54, 1.807) is 6.07 Å². The zero-order valence-electron chi connectivity index (χ0n) is 8.33. The molecule has 0 N–H and O–H groups in total. The zero-order chi connectivity index (χ0) is 12.6. The lowest BCUT2D eigenvalue weighted by Gasteiger charge is -2.02. The number of imidazole rings is 1. The van der Waals surface area contributed by atoms with Crippen LogP contribution in [0.1, 0.15) is 16.3 Å². The summed E-state index contributed by atoms with van der Waals surface area (Å²) in [4.78, 5) is 14.8. The molecule has 0 saturated heterocycles. The summed E-state index contributed by atoms with van der Waals surface area (Å²) in [6.07, 6.45) is -3.43. The molecular formula is C10H6ClF3N2O. The molecule has 7 heteroatoms. The van der Waals surface area contributed by atoms with Crippen molar-refractivity contribution in [2.24, 2.45) is 0 Å². The molecule has 0 bridgehead atoms. The topological polar surface area (TPSA) is 34.4 Å². The highest BCUT2D eigenvalue weighted by atomic mass is 35.5. The normalized spacial score (nSPS) is 12.0. The van der Waals surface area contributed by atoms with Crippen molar-refractivity contribution in [1.82, 2.24) is 9.38 Å². The minimum absolute atomic E-state index is 0.0731. The maximum absolute atomic E-state index is 12.3. The van der Waals surface area contributed by atoms with E-state index in [1.807, 2.05) is 0 Å². The molecular weight excluding hydrogens is 257 g/mol. The number of nitrogens with zero attached hydrogens (tertiary/aromatic N) is 2. The maximum atomic E-state index is 12.3. The largest absolute Gasteiger partial charge is 0.456 e. The zero-order valence-corrected chi connectivity index (χ0v) is 9.09. The van der Waals surface area contributed by atoms with E-state index in [0.717, 1.165) is 0 Å². The average molecular weight is 263 g/mol. The number of hydrogen-bond acceptors (Lipinski definition) is 2. The minimum Gasteiger partial charge on any atom is -0.302 e. The molecule has 0 aromatic carbocycles. The summed E-state index contributed by atoms with van der Waals surface area (Å²) < 4.78 is 38.4. The molecule has 2 rings (SSSR count). The first kappa shape index (κ1) is 11.9. The van der Waals surface area contributed by atoms with Crippen LogP contribution in [0.25, 0.3) is 5.52 Å². The summed E-state index contributed by atoms with van der Waals surface area (Å²) in [6.45, 7) is 0. The number of fused-ring (bicyclic) bond motifs is 1. The lowest BCUT2D eigenvalue weighted by atomic mass is 10.2. The van der Waals surface area contributed by atoms with Crippen LogP contribution in [-0.2, 0) is 5.88 Å². The van der Waals surface area contributed by atoms with Gasteiger partial charge in [0.15, 0.2) is 0 Å². The predicted octanol–water partition coefficient (Wildman–Crippen LogP) is 2.82. The van der Waals surface area contributed by atoms with E-state index in [9.17, 15) is 18.0 Å². The van der Waals surface area contributed by atoms with Crippen LogP contribution in [0.5, 0.6) is 0 Å². The van der Waals surface area contributed by atoms with Gasteiger partial charge in [-0.1, -0.05) is 6.07 Å². The number of Topliss-reactive ketones (excluding diaryl/α,β-unsaturated/α-hetero) is 1. The number of alkyl halides is 4. The van der Waals surface area contributed by atoms with Crippen LogP contribution >= 0.6 is 11.6 Å². The van der Waals surface area contributed by atoms with Crippen LogP contribution < -0.4 is 0 Å². The number of aromatic nitrogens is 2. The van der Waals surface area contributed by atoms with Crippen molar-refractivity contribution in [3.8, 4) is 0 Å². The van der Waals surface area contributed by atoms with Crippen LogP contribution in [0.3, 0.4) is 0 Å². The highest BCUT2D eigenvalue weighted by Crippen LogP contribution is 2.24. The van der Waals surface area contributed by atoms with Crippen molar-refractivity contribution in [1.29, 1.82) is 0 Å². The maximum Gasteiger partial charge on any atom is 0.456 e. The fourth-order valence-electron chi connectivity index (χ4n) is 1.50. The molecule has 2 aromatic rings. The minimum atomic E-state index is -4.94. The van der Waals surface area contributed by atoms with Gasteiger partial charge < -0.3 is 4.40 Å². The Kier molecular flexibility index (Phi) is 2.82. The molecule has 0 aliphatic rings. The molecule has 0 aliphatic carbocycles. The second-order valence-corrected chi connectivity index (χ2v) is 3.56. The predicted molar refractivity (Wildman–Crippen MR) is 55.1 cm³/mol. The Morgan fingerprint density at radius 2 is 2.12 bits per heavy atom. The van der Waals surface area contributed by atoms with E-state index in [4.69, 9.17) is 11.6 Å². The Balaban J connectivity index is 2.67. The third-order valence-electron chi connectivity index (χ3n) is 2.21. The summed E-state index contributed by atoms with van der Waals surface area (Å²) in [7, 11) is 0. The molecule has 3 nitrogen and oxygen atoms in total.